The first-order valence-corrected chi connectivity index (χ1v) is 12.1. The maximum Gasteiger partial charge on any atom is 0.573 e. The Balaban J connectivity index is 1.43. The Morgan fingerprint density at radius 2 is 1.91 bits per heavy atom. The quantitative estimate of drug-likeness (QED) is 0.623. The second-order valence-electron chi connectivity index (χ2n) is 9.96. The van der Waals surface area contributed by atoms with Crippen LogP contribution in [-0.2, 0) is 0 Å². The maximum absolute atomic E-state index is 12.8. The average Bonchev–Trinajstić information content (AvgIpc) is 3.56. The second-order valence-corrected chi connectivity index (χ2v) is 9.96. The van der Waals surface area contributed by atoms with Gasteiger partial charge in [0, 0.05) is 35.5 Å². The van der Waals surface area contributed by atoms with Gasteiger partial charge in [-0.05, 0) is 82.5 Å². The van der Waals surface area contributed by atoms with Gasteiger partial charge in [0.25, 0.3) is 0 Å². The molecule has 2 N–H and O–H groups in total. The van der Waals surface area contributed by atoms with Crippen molar-refractivity contribution in [2.45, 2.75) is 76.7 Å². The van der Waals surface area contributed by atoms with E-state index in [1.165, 1.54) is 56.7 Å². The zero-order valence-electron chi connectivity index (χ0n) is 19.2. The first-order valence-electron chi connectivity index (χ1n) is 12.1. The van der Waals surface area contributed by atoms with Crippen molar-refractivity contribution in [1.29, 1.82) is 0 Å². The van der Waals surface area contributed by atoms with Gasteiger partial charge in [0.05, 0.1) is 5.69 Å². The summed E-state index contributed by atoms with van der Waals surface area (Å²) in [5, 5.41) is 4.83. The van der Waals surface area contributed by atoms with Crippen molar-refractivity contribution in [3.05, 3.63) is 24.0 Å². The van der Waals surface area contributed by atoms with Crippen molar-refractivity contribution in [3.63, 3.8) is 0 Å². The molecule has 2 aliphatic carbocycles. The topological polar surface area (TPSA) is 69.2 Å². The van der Waals surface area contributed by atoms with Crippen LogP contribution >= 0.6 is 0 Å². The number of anilines is 1. The fourth-order valence-electron chi connectivity index (χ4n) is 6.28. The molecule has 3 unspecified atom stereocenters. The number of aromatic nitrogens is 3. The highest BCUT2D eigenvalue weighted by Crippen LogP contribution is 2.55. The number of nitrogen functional groups attached to an aromatic ring is 1. The predicted molar refractivity (Wildman–Crippen MR) is 120 cm³/mol. The van der Waals surface area contributed by atoms with E-state index in [-0.39, 0.29) is 11.9 Å². The van der Waals surface area contributed by atoms with E-state index in [1.54, 1.807) is 0 Å². The standard InChI is InChI=1S/C24H32F3N5O/c1-3-14(2)32-21(18-9-16-8-15(18)10-20(16)31-6-4-5-7-31)12-19(30-32)17-11-22(23(28)29-13-17)33-24(25,26)27/h11-16,18,20H,3-10H2,1-2H3,(H2,28,29)/t14?,15-,16?,18+,20?/m0/s1. The number of alkyl halides is 3. The van der Waals surface area contributed by atoms with E-state index in [0.29, 0.717) is 23.1 Å². The van der Waals surface area contributed by atoms with Gasteiger partial charge in [0.2, 0.25) is 0 Å². The molecule has 3 aliphatic rings. The van der Waals surface area contributed by atoms with E-state index in [4.69, 9.17) is 10.8 Å². The number of hydrogen-bond donors (Lipinski definition) is 1. The number of ether oxygens (including phenoxy) is 1. The van der Waals surface area contributed by atoms with Crippen molar-refractivity contribution < 1.29 is 17.9 Å². The Hall–Kier alpha value is -2.29. The second kappa shape index (κ2) is 8.49. The van der Waals surface area contributed by atoms with Gasteiger partial charge in [0.15, 0.2) is 11.6 Å². The van der Waals surface area contributed by atoms with Crippen molar-refractivity contribution in [1.82, 2.24) is 19.7 Å². The highest BCUT2D eigenvalue weighted by Gasteiger charge is 2.49. The lowest BCUT2D eigenvalue weighted by molar-refractivity contribution is -0.274. The third-order valence-corrected chi connectivity index (χ3v) is 7.99. The van der Waals surface area contributed by atoms with Crippen LogP contribution in [0.1, 0.15) is 70.0 Å². The van der Waals surface area contributed by atoms with Crippen LogP contribution in [0.15, 0.2) is 18.3 Å². The van der Waals surface area contributed by atoms with Gasteiger partial charge >= 0.3 is 6.36 Å². The molecule has 2 bridgehead atoms. The molecule has 3 fully saturated rings. The molecule has 0 spiro atoms. The molecule has 2 aromatic heterocycles. The number of rotatable bonds is 6. The number of halogens is 3. The molecule has 0 amide bonds. The summed E-state index contributed by atoms with van der Waals surface area (Å²) in [6, 6.07) is 4.26. The van der Waals surface area contributed by atoms with Crippen LogP contribution in [0.2, 0.25) is 0 Å². The predicted octanol–water partition coefficient (Wildman–Crippen LogP) is 5.37. The van der Waals surface area contributed by atoms with Crippen LogP contribution in [-0.4, -0.2) is 45.2 Å². The Bertz CT molecular complexity index is 1000. The highest BCUT2D eigenvalue weighted by atomic mass is 19.4. The van der Waals surface area contributed by atoms with E-state index in [2.05, 4.69) is 33.2 Å². The summed E-state index contributed by atoms with van der Waals surface area (Å²) in [6.45, 7) is 6.74. The van der Waals surface area contributed by atoms with Crippen molar-refractivity contribution >= 4 is 5.82 Å². The van der Waals surface area contributed by atoms with Crippen LogP contribution in [0.25, 0.3) is 11.3 Å². The van der Waals surface area contributed by atoms with Crippen LogP contribution in [0.5, 0.6) is 5.75 Å². The number of nitrogens with two attached hydrogens (primary N) is 1. The van der Waals surface area contributed by atoms with Gasteiger partial charge in [-0.25, -0.2) is 4.98 Å². The summed E-state index contributed by atoms with van der Waals surface area (Å²) in [5.74, 6) is 1.02. The Kier molecular flexibility index (Phi) is 5.79. The molecule has 2 saturated carbocycles. The molecule has 3 heterocycles. The Morgan fingerprint density at radius 1 is 1.15 bits per heavy atom. The maximum atomic E-state index is 12.8. The molecule has 33 heavy (non-hydrogen) atoms. The highest BCUT2D eigenvalue weighted by molar-refractivity contribution is 5.64. The monoisotopic (exact) mass is 463 g/mol. The fourth-order valence-corrected chi connectivity index (χ4v) is 6.28. The van der Waals surface area contributed by atoms with Gasteiger partial charge in [-0.15, -0.1) is 13.2 Å². The molecule has 5 atom stereocenters. The minimum Gasteiger partial charge on any atom is -0.402 e. The molecule has 5 rings (SSSR count). The fraction of sp³-hybridized carbons (Fsp3) is 0.667. The third-order valence-electron chi connectivity index (χ3n) is 7.99. The number of nitrogens with zero attached hydrogens (tertiary/aromatic N) is 4. The zero-order chi connectivity index (χ0) is 23.3. The van der Waals surface area contributed by atoms with Crippen molar-refractivity contribution in [2.75, 3.05) is 18.8 Å². The number of pyridine rings is 1. The zero-order valence-corrected chi connectivity index (χ0v) is 19.2. The van der Waals surface area contributed by atoms with Gasteiger partial charge < -0.3 is 15.4 Å². The molecule has 180 valence electrons. The molecule has 0 radical (unpaired) electrons. The smallest absolute Gasteiger partial charge is 0.402 e. The summed E-state index contributed by atoms with van der Waals surface area (Å²) in [5.41, 5.74) is 7.91. The van der Waals surface area contributed by atoms with Crippen molar-refractivity contribution in [2.24, 2.45) is 11.8 Å². The minimum absolute atomic E-state index is 0.204. The Morgan fingerprint density at radius 3 is 2.55 bits per heavy atom. The molecule has 1 saturated heterocycles. The van der Waals surface area contributed by atoms with Crippen LogP contribution in [0, 0.1) is 11.8 Å². The van der Waals surface area contributed by atoms with Gasteiger partial charge in [-0.1, -0.05) is 6.92 Å². The molecular formula is C24H32F3N5O. The van der Waals surface area contributed by atoms with Gasteiger partial charge in [-0.2, -0.15) is 5.10 Å². The average molecular weight is 464 g/mol. The lowest BCUT2D eigenvalue weighted by Gasteiger charge is -2.34. The Labute approximate surface area is 192 Å². The first kappa shape index (κ1) is 22.5. The third kappa shape index (κ3) is 4.32. The minimum atomic E-state index is -4.83. The normalized spacial score (nSPS) is 28.5. The summed E-state index contributed by atoms with van der Waals surface area (Å²) in [7, 11) is 0. The van der Waals surface area contributed by atoms with Crippen molar-refractivity contribution in [3.8, 4) is 17.0 Å². The number of hydrogen-bond acceptors (Lipinski definition) is 5. The molecule has 9 heteroatoms. The molecule has 0 aromatic carbocycles. The van der Waals surface area contributed by atoms with Gasteiger partial charge in [-0.3, -0.25) is 4.68 Å². The summed E-state index contributed by atoms with van der Waals surface area (Å²) in [4.78, 5) is 6.63. The van der Waals surface area contributed by atoms with E-state index >= 15 is 0 Å². The number of fused-ring (bicyclic) bond motifs is 2. The van der Waals surface area contributed by atoms with E-state index in [1.807, 2.05) is 6.07 Å². The van der Waals surface area contributed by atoms with E-state index in [0.717, 1.165) is 24.8 Å². The largest absolute Gasteiger partial charge is 0.573 e. The lowest BCUT2D eigenvalue weighted by atomic mass is 9.83. The summed E-state index contributed by atoms with van der Waals surface area (Å²) in [6.07, 6.45) is 3.86. The van der Waals surface area contributed by atoms with Crippen LogP contribution in [0.4, 0.5) is 19.0 Å². The van der Waals surface area contributed by atoms with Gasteiger partial charge in [0.1, 0.15) is 0 Å². The van der Waals surface area contributed by atoms with Crippen LogP contribution < -0.4 is 10.5 Å². The van der Waals surface area contributed by atoms with E-state index < -0.39 is 12.1 Å². The summed E-state index contributed by atoms with van der Waals surface area (Å²) >= 11 is 0. The lowest BCUT2D eigenvalue weighted by Crippen LogP contribution is -2.38. The summed E-state index contributed by atoms with van der Waals surface area (Å²) < 4.78 is 44.5. The SMILES string of the molecule is CCC(C)n1nc(-c2cnc(N)c(OC(F)(F)F)c2)cc1[C@@H]1CC2C[C@H]1CC2N1CCCC1. The van der Waals surface area contributed by atoms with E-state index in [9.17, 15) is 13.2 Å². The first-order chi connectivity index (χ1) is 15.7. The molecule has 6 nitrogen and oxygen atoms in total. The molecular weight excluding hydrogens is 431 g/mol. The van der Waals surface area contributed by atoms with Crippen LogP contribution in [0.3, 0.4) is 0 Å². The molecule has 1 aliphatic heterocycles. The number of likely N-dealkylation sites (tertiary alicyclic amines) is 1. The molecule has 2 aromatic rings.